The average molecular weight is 396 g/mol. The van der Waals surface area contributed by atoms with Gasteiger partial charge >= 0.3 is 0 Å². The molecule has 2 atom stereocenters. The van der Waals surface area contributed by atoms with E-state index in [2.05, 4.69) is 53.5 Å². The molecule has 2 N–H and O–H groups in total. The highest BCUT2D eigenvalue weighted by atomic mass is 16.3. The van der Waals surface area contributed by atoms with Crippen LogP contribution in [0.25, 0.3) is 0 Å². The van der Waals surface area contributed by atoms with E-state index in [1.54, 1.807) is 4.90 Å². The maximum absolute atomic E-state index is 12.7. The molecule has 3 rings (SSSR count). The molecule has 1 aliphatic rings. The summed E-state index contributed by atoms with van der Waals surface area (Å²) in [6, 6.07) is 18.7. The van der Waals surface area contributed by atoms with E-state index < -0.39 is 0 Å². The van der Waals surface area contributed by atoms with Gasteiger partial charge < -0.3 is 15.3 Å². The van der Waals surface area contributed by atoms with Crippen LogP contribution >= 0.6 is 0 Å². The van der Waals surface area contributed by atoms with E-state index in [-0.39, 0.29) is 24.5 Å². The molecule has 1 saturated heterocycles. The van der Waals surface area contributed by atoms with Crippen molar-refractivity contribution in [3.05, 3.63) is 71.3 Å². The summed E-state index contributed by atoms with van der Waals surface area (Å²) in [6.07, 6.45) is 0.939. The quantitative estimate of drug-likeness (QED) is 0.721. The van der Waals surface area contributed by atoms with Crippen molar-refractivity contribution < 1.29 is 9.90 Å². The van der Waals surface area contributed by atoms with E-state index in [9.17, 15) is 9.90 Å². The Labute approximate surface area is 174 Å². The minimum atomic E-state index is 0.0742. The third kappa shape index (κ3) is 6.13. The van der Waals surface area contributed by atoms with E-state index in [4.69, 9.17) is 0 Å². The van der Waals surface area contributed by atoms with Gasteiger partial charge in [0.25, 0.3) is 0 Å². The lowest BCUT2D eigenvalue weighted by atomic mass is 9.92. The molecule has 1 aliphatic heterocycles. The van der Waals surface area contributed by atoms with Crippen LogP contribution in [0.3, 0.4) is 0 Å². The van der Waals surface area contributed by atoms with E-state index in [1.807, 2.05) is 25.2 Å². The first-order chi connectivity index (χ1) is 14.1. The lowest BCUT2D eigenvalue weighted by Gasteiger charge is -2.38. The Morgan fingerprint density at radius 1 is 1.17 bits per heavy atom. The van der Waals surface area contributed by atoms with Crippen LogP contribution in [0.5, 0.6) is 0 Å². The fourth-order valence-electron chi connectivity index (χ4n) is 3.99. The number of aliphatic hydroxyl groups excluding tert-OH is 1. The molecule has 29 heavy (non-hydrogen) atoms. The van der Waals surface area contributed by atoms with Crippen LogP contribution in [0.2, 0.25) is 0 Å². The van der Waals surface area contributed by atoms with Gasteiger partial charge in [0.2, 0.25) is 5.91 Å². The van der Waals surface area contributed by atoms with Gasteiger partial charge in [0.1, 0.15) is 0 Å². The van der Waals surface area contributed by atoms with Crippen LogP contribution in [0, 0.1) is 12.8 Å². The maximum atomic E-state index is 12.7. The third-order valence-corrected chi connectivity index (χ3v) is 5.93. The number of hydrogen-bond donors (Lipinski definition) is 2. The van der Waals surface area contributed by atoms with E-state index in [1.165, 1.54) is 16.7 Å². The van der Waals surface area contributed by atoms with Crippen molar-refractivity contribution >= 4 is 5.91 Å². The predicted molar refractivity (Wildman–Crippen MR) is 116 cm³/mol. The molecule has 2 aromatic carbocycles. The summed E-state index contributed by atoms with van der Waals surface area (Å²) in [5, 5.41) is 13.2. The highest BCUT2D eigenvalue weighted by molar-refractivity contribution is 5.78. The molecule has 5 nitrogen and oxygen atoms in total. The van der Waals surface area contributed by atoms with Crippen LogP contribution in [0.15, 0.2) is 54.6 Å². The number of likely N-dealkylation sites (N-methyl/N-ethyl adjacent to an activating group) is 1. The Morgan fingerprint density at radius 3 is 2.62 bits per heavy atom. The predicted octanol–water partition coefficient (Wildman–Crippen LogP) is 2.43. The van der Waals surface area contributed by atoms with Crippen LogP contribution in [0.1, 0.15) is 23.1 Å². The second-order valence-electron chi connectivity index (χ2n) is 8.12. The van der Waals surface area contributed by atoms with Gasteiger partial charge in [-0.05, 0) is 42.5 Å². The number of benzene rings is 2. The molecule has 0 spiro atoms. The number of nitrogens with zero attached hydrogens (tertiary/aromatic N) is 2. The van der Waals surface area contributed by atoms with Crippen molar-refractivity contribution in [3.8, 4) is 0 Å². The van der Waals surface area contributed by atoms with Crippen molar-refractivity contribution in [3.63, 3.8) is 0 Å². The van der Waals surface area contributed by atoms with Gasteiger partial charge in [0.05, 0.1) is 6.54 Å². The number of aryl methyl sites for hydroxylation is 1. The SMILES string of the molecule is Cc1ccccc1CN(C)C(=O)CN[C@H]1CN(Cc2ccccc2)CC[C@H]1CO. The van der Waals surface area contributed by atoms with Gasteiger partial charge in [0, 0.05) is 39.3 Å². The largest absolute Gasteiger partial charge is 0.396 e. The number of rotatable bonds is 8. The topological polar surface area (TPSA) is 55.8 Å². The summed E-state index contributed by atoms with van der Waals surface area (Å²) in [4.78, 5) is 16.8. The second-order valence-corrected chi connectivity index (χ2v) is 8.12. The van der Waals surface area contributed by atoms with Crippen LogP contribution in [0.4, 0.5) is 0 Å². The van der Waals surface area contributed by atoms with E-state index in [0.29, 0.717) is 13.1 Å². The Balaban J connectivity index is 1.52. The molecule has 0 aliphatic carbocycles. The fourth-order valence-corrected chi connectivity index (χ4v) is 3.99. The molecule has 1 heterocycles. The van der Waals surface area contributed by atoms with Crippen molar-refractivity contribution in [1.82, 2.24) is 15.1 Å². The van der Waals surface area contributed by atoms with Crippen LogP contribution in [-0.2, 0) is 17.9 Å². The number of hydrogen-bond acceptors (Lipinski definition) is 4. The maximum Gasteiger partial charge on any atom is 0.236 e. The molecular weight excluding hydrogens is 362 g/mol. The minimum absolute atomic E-state index is 0.0742. The summed E-state index contributed by atoms with van der Waals surface area (Å²) < 4.78 is 0. The van der Waals surface area contributed by atoms with Gasteiger partial charge in [-0.15, -0.1) is 0 Å². The zero-order valence-electron chi connectivity index (χ0n) is 17.6. The van der Waals surface area contributed by atoms with Gasteiger partial charge in [-0.2, -0.15) is 0 Å². The highest BCUT2D eigenvalue weighted by Gasteiger charge is 2.29. The second kappa shape index (κ2) is 10.5. The molecular formula is C24H33N3O2. The molecule has 1 fully saturated rings. The number of likely N-dealkylation sites (tertiary alicyclic amines) is 1. The normalized spacial score (nSPS) is 19.8. The van der Waals surface area contributed by atoms with Gasteiger partial charge in [-0.25, -0.2) is 0 Å². The molecule has 0 bridgehead atoms. The van der Waals surface area contributed by atoms with Crippen molar-refractivity contribution in [2.75, 3.05) is 33.3 Å². The first-order valence-corrected chi connectivity index (χ1v) is 10.5. The molecule has 5 heteroatoms. The van der Waals surface area contributed by atoms with Crippen LogP contribution in [-0.4, -0.2) is 60.1 Å². The number of amides is 1. The summed E-state index contributed by atoms with van der Waals surface area (Å²) in [5.74, 6) is 0.265. The van der Waals surface area contributed by atoms with Gasteiger partial charge in [0.15, 0.2) is 0 Å². The van der Waals surface area contributed by atoms with Gasteiger partial charge in [-0.1, -0.05) is 54.6 Å². The Hall–Kier alpha value is -2.21. The van der Waals surface area contributed by atoms with Crippen molar-refractivity contribution in [2.24, 2.45) is 5.92 Å². The van der Waals surface area contributed by atoms with E-state index >= 15 is 0 Å². The number of carbonyl (C=O) groups excluding carboxylic acids is 1. The first kappa shape index (κ1) is 21.5. The molecule has 1 amide bonds. The standard InChI is InChI=1S/C24H33N3O2/c1-19-8-6-7-11-21(19)16-26(2)24(29)14-25-23-17-27(13-12-22(23)18-28)15-20-9-4-3-5-10-20/h3-11,22-23,25,28H,12-18H2,1-2H3/t22-,23-/m0/s1. The Kier molecular flexibility index (Phi) is 7.81. The zero-order chi connectivity index (χ0) is 20.6. The monoisotopic (exact) mass is 395 g/mol. The smallest absolute Gasteiger partial charge is 0.236 e. The third-order valence-electron chi connectivity index (χ3n) is 5.93. The van der Waals surface area contributed by atoms with Crippen LogP contribution < -0.4 is 5.32 Å². The van der Waals surface area contributed by atoms with Crippen molar-refractivity contribution in [2.45, 2.75) is 32.5 Å². The number of nitrogens with one attached hydrogen (secondary N) is 1. The summed E-state index contributed by atoms with van der Waals surface area (Å²) in [5.41, 5.74) is 3.66. The molecule has 156 valence electrons. The van der Waals surface area contributed by atoms with Crippen molar-refractivity contribution in [1.29, 1.82) is 0 Å². The summed E-state index contributed by atoms with van der Waals surface area (Å²) in [7, 11) is 1.85. The average Bonchev–Trinajstić information content (AvgIpc) is 2.74. The summed E-state index contributed by atoms with van der Waals surface area (Å²) in [6.45, 7) is 5.85. The van der Waals surface area contributed by atoms with E-state index in [0.717, 1.165) is 26.1 Å². The molecule has 0 saturated carbocycles. The minimum Gasteiger partial charge on any atom is -0.396 e. The molecule has 2 aromatic rings. The molecule has 0 unspecified atom stereocenters. The Morgan fingerprint density at radius 2 is 1.90 bits per heavy atom. The Bertz CT molecular complexity index is 781. The molecule has 0 aromatic heterocycles. The number of aliphatic hydroxyl groups is 1. The lowest BCUT2D eigenvalue weighted by Crippen LogP contribution is -2.53. The highest BCUT2D eigenvalue weighted by Crippen LogP contribution is 2.19. The number of carbonyl (C=O) groups is 1. The number of piperidine rings is 1. The van der Waals surface area contributed by atoms with Gasteiger partial charge in [-0.3, -0.25) is 9.69 Å². The molecule has 0 radical (unpaired) electrons. The fraction of sp³-hybridized carbons (Fsp3) is 0.458. The summed E-state index contributed by atoms with van der Waals surface area (Å²) >= 11 is 0. The zero-order valence-corrected chi connectivity index (χ0v) is 17.6. The lowest BCUT2D eigenvalue weighted by molar-refractivity contribution is -0.129. The first-order valence-electron chi connectivity index (χ1n) is 10.5.